The van der Waals surface area contributed by atoms with Gasteiger partial charge in [-0.1, -0.05) is 0 Å². The molecule has 1 unspecified atom stereocenters. The van der Waals surface area contributed by atoms with Crippen molar-refractivity contribution in [2.45, 2.75) is 38.3 Å². The van der Waals surface area contributed by atoms with Gasteiger partial charge in [-0.25, -0.2) is 0 Å². The van der Waals surface area contributed by atoms with Gasteiger partial charge in [0.05, 0.1) is 19.3 Å². The van der Waals surface area contributed by atoms with Gasteiger partial charge in [0.1, 0.15) is 0 Å². The first-order chi connectivity index (χ1) is 9.75. The SMILES string of the molecule is O=C(CCn1ccc2c1CCCC2O)N1CCOCC1. The van der Waals surface area contributed by atoms with E-state index in [4.69, 9.17) is 4.74 Å². The molecule has 1 aliphatic carbocycles. The highest BCUT2D eigenvalue weighted by molar-refractivity contribution is 5.76. The summed E-state index contributed by atoms with van der Waals surface area (Å²) in [5, 5.41) is 9.95. The van der Waals surface area contributed by atoms with E-state index in [1.54, 1.807) is 0 Å². The molecule has 5 heteroatoms. The molecule has 1 aromatic rings. The molecule has 3 rings (SSSR count). The summed E-state index contributed by atoms with van der Waals surface area (Å²) in [5.41, 5.74) is 2.26. The number of hydrogen-bond acceptors (Lipinski definition) is 3. The summed E-state index contributed by atoms with van der Waals surface area (Å²) in [6.45, 7) is 3.43. The second-order valence-corrected chi connectivity index (χ2v) is 5.56. The van der Waals surface area contributed by atoms with Gasteiger partial charge in [-0.15, -0.1) is 0 Å². The van der Waals surface area contributed by atoms with E-state index in [-0.39, 0.29) is 12.0 Å². The fourth-order valence-electron chi connectivity index (χ4n) is 3.13. The summed E-state index contributed by atoms with van der Waals surface area (Å²) in [4.78, 5) is 14.0. The maximum absolute atomic E-state index is 12.1. The smallest absolute Gasteiger partial charge is 0.224 e. The lowest BCUT2D eigenvalue weighted by Gasteiger charge is -2.27. The van der Waals surface area contributed by atoms with Crippen molar-refractivity contribution >= 4 is 5.91 Å². The summed E-state index contributed by atoms with van der Waals surface area (Å²) in [6, 6.07) is 2.00. The van der Waals surface area contributed by atoms with Crippen molar-refractivity contribution in [2.75, 3.05) is 26.3 Å². The zero-order valence-electron chi connectivity index (χ0n) is 11.8. The zero-order chi connectivity index (χ0) is 13.9. The van der Waals surface area contributed by atoms with Crippen molar-refractivity contribution in [1.82, 2.24) is 9.47 Å². The number of carbonyl (C=O) groups is 1. The van der Waals surface area contributed by atoms with Gasteiger partial charge in [-0.3, -0.25) is 4.79 Å². The lowest BCUT2D eigenvalue weighted by Crippen LogP contribution is -2.41. The first-order valence-electron chi connectivity index (χ1n) is 7.47. The maximum Gasteiger partial charge on any atom is 0.224 e. The third-order valence-electron chi connectivity index (χ3n) is 4.29. The summed E-state index contributed by atoms with van der Waals surface area (Å²) in [6.07, 6.45) is 5.09. The van der Waals surface area contributed by atoms with Crippen LogP contribution in [-0.4, -0.2) is 46.8 Å². The van der Waals surface area contributed by atoms with Crippen molar-refractivity contribution in [3.05, 3.63) is 23.5 Å². The third kappa shape index (κ3) is 2.74. The van der Waals surface area contributed by atoms with Crippen molar-refractivity contribution < 1.29 is 14.6 Å². The number of nitrogens with zero attached hydrogens (tertiary/aromatic N) is 2. The van der Waals surface area contributed by atoms with Crippen molar-refractivity contribution in [3.8, 4) is 0 Å². The van der Waals surface area contributed by atoms with Crippen LogP contribution in [0.25, 0.3) is 0 Å². The van der Waals surface area contributed by atoms with Crippen LogP contribution in [0.4, 0.5) is 0 Å². The Hall–Kier alpha value is -1.33. The lowest BCUT2D eigenvalue weighted by molar-refractivity contribution is -0.135. The minimum absolute atomic E-state index is 0.201. The molecule has 2 heterocycles. The molecule has 1 aliphatic heterocycles. The highest BCUT2D eigenvalue weighted by Gasteiger charge is 2.22. The van der Waals surface area contributed by atoms with E-state index in [2.05, 4.69) is 4.57 Å². The molecule has 0 radical (unpaired) electrons. The minimum Gasteiger partial charge on any atom is -0.388 e. The second-order valence-electron chi connectivity index (χ2n) is 5.56. The Kier molecular flexibility index (Phi) is 4.08. The standard InChI is InChI=1S/C15H22N2O3/c18-14-3-1-2-13-12(14)4-6-16(13)7-5-15(19)17-8-10-20-11-9-17/h4,6,14,18H,1-3,5,7-11H2. The number of hydrogen-bond donors (Lipinski definition) is 1. The molecule has 1 saturated heterocycles. The van der Waals surface area contributed by atoms with Gasteiger partial charge in [0.15, 0.2) is 0 Å². The van der Waals surface area contributed by atoms with Crippen LogP contribution in [0.1, 0.15) is 36.6 Å². The normalized spacial score (nSPS) is 22.6. The van der Waals surface area contributed by atoms with E-state index >= 15 is 0 Å². The Balaban J connectivity index is 1.60. The van der Waals surface area contributed by atoms with Crippen LogP contribution in [0.3, 0.4) is 0 Å². The average Bonchev–Trinajstić information content (AvgIpc) is 2.90. The van der Waals surface area contributed by atoms with Crippen LogP contribution in [-0.2, 0) is 22.5 Å². The Bertz CT molecular complexity index is 477. The van der Waals surface area contributed by atoms with Crippen LogP contribution in [0.5, 0.6) is 0 Å². The molecule has 20 heavy (non-hydrogen) atoms. The molecule has 0 saturated carbocycles. The molecule has 2 aliphatic rings. The third-order valence-corrected chi connectivity index (χ3v) is 4.29. The zero-order valence-corrected chi connectivity index (χ0v) is 11.8. The minimum atomic E-state index is -0.324. The van der Waals surface area contributed by atoms with Crippen molar-refractivity contribution in [2.24, 2.45) is 0 Å². The average molecular weight is 278 g/mol. The number of aliphatic hydroxyl groups excluding tert-OH is 1. The first-order valence-corrected chi connectivity index (χ1v) is 7.47. The van der Waals surface area contributed by atoms with E-state index in [9.17, 15) is 9.90 Å². The molecule has 1 aromatic heterocycles. The number of aliphatic hydroxyl groups is 1. The molecule has 0 aromatic carbocycles. The molecule has 1 amide bonds. The molecular formula is C15H22N2O3. The highest BCUT2D eigenvalue weighted by atomic mass is 16.5. The van der Waals surface area contributed by atoms with Crippen LogP contribution in [0.2, 0.25) is 0 Å². The number of amides is 1. The predicted molar refractivity (Wildman–Crippen MR) is 74.3 cm³/mol. The monoisotopic (exact) mass is 278 g/mol. The van der Waals surface area contributed by atoms with Crippen LogP contribution < -0.4 is 0 Å². The van der Waals surface area contributed by atoms with Gasteiger partial charge in [0.25, 0.3) is 0 Å². The molecule has 0 bridgehead atoms. The van der Waals surface area contributed by atoms with Gasteiger partial charge in [0, 0.05) is 43.5 Å². The number of rotatable bonds is 3. The van der Waals surface area contributed by atoms with Gasteiger partial charge >= 0.3 is 0 Å². The Morgan fingerprint density at radius 3 is 3.00 bits per heavy atom. The van der Waals surface area contributed by atoms with Gasteiger partial charge in [0.2, 0.25) is 5.91 Å². The lowest BCUT2D eigenvalue weighted by atomic mass is 9.95. The van der Waals surface area contributed by atoms with Crippen molar-refractivity contribution in [3.63, 3.8) is 0 Å². The number of morpholine rings is 1. The largest absolute Gasteiger partial charge is 0.388 e. The van der Waals surface area contributed by atoms with E-state index in [1.165, 1.54) is 5.69 Å². The molecule has 0 spiro atoms. The van der Waals surface area contributed by atoms with Crippen molar-refractivity contribution in [1.29, 1.82) is 0 Å². The van der Waals surface area contributed by atoms with Gasteiger partial charge < -0.3 is 19.3 Å². The number of ether oxygens (including phenoxy) is 1. The maximum atomic E-state index is 12.1. The van der Waals surface area contributed by atoms with E-state index in [0.717, 1.165) is 24.8 Å². The van der Waals surface area contributed by atoms with E-state index in [0.29, 0.717) is 39.3 Å². The Morgan fingerprint density at radius 1 is 1.40 bits per heavy atom. The van der Waals surface area contributed by atoms with Crippen LogP contribution >= 0.6 is 0 Å². The van der Waals surface area contributed by atoms with Gasteiger partial charge in [-0.2, -0.15) is 0 Å². The molecule has 1 atom stereocenters. The summed E-state index contributed by atoms with van der Waals surface area (Å²) < 4.78 is 7.39. The number of aromatic nitrogens is 1. The Morgan fingerprint density at radius 2 is 2.20 bits per heavy atom. The quantitative estimate of drug-likeness (QED) is 0.901. The van der Waals surface area contributed by atoms with Gasteiger partial charge in [-0.05, 0) is 25.3 Å². The Labute approximate surface area is 119 Å². The molecule has 1 N–H and O–H groups in total. The fourth-order valence-corrected chi connectivity index (χ4v) is 3.13. The molecule has 1 fully saturated rings. The van der Waals surface area contributed by atoms with Crippen LogP contribution in [0.15, 0.2) is 12.3 Å². The molecule has 110 valence electrons. The topological polar surface area (TPSA) is 54.7 Å². The number of aryl methyl sites for hydroxylation is 1. The number of carbonyl (C=O) groups excluding carboxylic acids is 1. The first kappa shape index (κ1) is 13.6. The fraction of sp³-hybridized carbons (Fsp3) is 0.667. The highest BCUT2D eigenvalue weighted by Crippen LogP contribution is 2.30. The second kappa shape index (κ2) is 5.97. The summed E-state index contributed by atoms with van der Waals surface area (Å²) >= 11 is 0. The molecular weight excluding hydrogens is 256 g/mol. The summed E-state index contributed by atoms with van der Waals surface area (Å²) in [5.74, 6) is 0.201. The predicted octanol–water partition coefficient (Wildman–Crippen LogP) is 1.11. The number of fused-ring (bicyclic) bond motifs is 1. The van der Waals surface area contributed by atoms with E-state index < -0.39 is 0 Å². The van der Waals surface area contributed by atoms with Crippen LogP contribution in [0, 0.1) is 0 Å². The molecule has 5 nitrogen and oxygen atoms in total. The summed E-state index contributed by atoms with van der Waals surface area (Å²) in [7, 11) is 0. The van der Waals surface area contributed by atoms with E-state index in [1.807, 2.05) is 17.2 Å².